The zero-order chi connectivity index (χ0) is 12.6. The first kappa shape index (κ1) is 11.6. The highest BCUT2D eigenvalue weighted by molar-refractivity contribution is 5.98. The molecular formula is C11H15N3O3. The zero-order valence-electron chi connectivity index (χ0n) is 9.80. The maximum absolute atomic E-state index is 11.8. The molecule has 1 fully saturated rings. The van der Waals surface area contributed by atoms with Gasteiger partial charge in [0.25, 0.3) is 0 Å². The van der Waals surface area contributed by atoms with Gasteiger partial charge in [-0.3, -0.25) is 14.3 Å². The summed E-state index contributed by atoms with van der Waals surface area (Å²) < 4.78 is 1.63. The maximum atomic E-state index is 11.8. The Morgan fingerprint density at radius 2 is 2.29 bits per heavy atom. The number of carboxylic acid groups (broad SMARTS) is 1. The number of nitrogens with zero attached hydrogens (tertiary/aromatic N) is 2. The Labute approximate surface area is 98.6 Å². The van der Waals surface area contributed by atoms with Gasteiger partial charge in [0, 0.05) is 13.2 Å². The van der Waals surface area contributed by atoms with Gasteiger partial charge in [-0.15, -0.1) is 0 Å². The molecule has 6 nitrogen and oxygen atoms in total. The van der Waals surface area contributed by atoms with E-state index in [1.165, 1.54) is 0 Å². The minimum atomic E-state index is -0.896. The van der Waals surface area contributed by atoms with E-state index in [0.717, 1.165) is 12.1 Å². The largest absolute Gasteiger partial charge is 0.481 e. The average Bonchev–Trinajstić information content (AvgIpc) is 2.99. The van der Waals surface area contributed by atoms with Crippen LogP contribution in [-0.2, 0) is 23.1 Å². The molecule has 0 saturated heterocycles. The molecule has 0 radical (unpaired) electrons. The molecule has 2 unspecified atom stereocenters. The molecule has 1 heterocycles. The molecule has 1 saturated carbocycles. The minimum absolute atomic E-state index is 0.222. The van der Waals surface area contributed by atoms with Crippen molar-refractivity contribution in [3.63, 3.8) is 0 Å². The number of aliphatic carboxylic acids is 1. The Morgan fingerprint density at radius 3 is 2.82 bits per heavy atom. The van der Waals surface area contributed by atoms with Gasteiger partial charge >= 0.3 is 5.97 Å². The number of carbonyl (C=O) groups excluding carboxylic acids is 1. The molecule has 1 aliphatic rings. The van der Waals surface area contributed by atoms with Crippen molar-refractivity contribution >= 4 is 17.6 Å². The molecule has 17 heavy (non-hydrogen) atoms. The predicted octanol–water partition coefficient (Wildman–Crippen LogP) is 0.642. The summed E-state index contributed by atoms with van der Waals surface area (Å²) in [5.74, 6) is -2.03. The Hall–Kier alpha value is -1.85. The van der Waals surface area contributed by atoms with Crippen LogP contribution in [0.2, 0.25) is 0 Å². The Balaban J connectivity index is 2.02. The fraction of sp³-hybridized carbons (Fsp3) is 0.545. The highest BCUT2D eigenvalue weighted by Crippen LogP contribution is 2.39. The number of hydrogen-bond acceptors (Lipinski definition) is 3. The molecule has 1 aromatic rings. The van der Waals surface area contributed by atoms with Gasteiger partial charge in [0.1, 0.15) is 0 Å². The van der Waals surface area contributed by atoms with Gasteiger partial charge in [-0.1, -0.05) is 6.92 Å². The van der Waals surface area contributed by atoms with Crippen LogP contribution in [0.25, 0.3) is 0 Å². The highest BCUT2D eigenvalue weighted by Gasteiger charge is 2.48. The summed E-state index contributed by atoms with van der Waals surface area (Å²) in [6.07, 6.45) is 2.89. The van der Waals surface area contributed by atoms with Crippen LogP contribution in [0.3, 0.4) is 0 Å². The second kappa shape index (κ2) is 4.20. The van der Waals surface area contributed by atoms with E-state index in [-0.39, 0.29) is 5.91 Å². The number of hydrogen-bond donors (Lipinski definition) is 2. The van der Waals surface area contributed by atoms with Crippen molar-refractivity contribution in [1.82, 2.24) is 9.78 Å². The van der Waals surface area contributed by atoms with Crippen molar-refractivity contribution in [3.8, 4) is 0 Å². The van der Waals surface area contributed by atoms with Crippen LogP contribution in [0.15, 0.2) is 6.20 Å². The molecule has 6 heteroatoms. The lowest BCUT2D eigenvalue weighted by Gasteiger charge is -2.02. The first-order valence-electron chi connectivity index (χ1n) is 5.59. The molecule has 1 aliphatic carbocycles. The Kier molecular flexibility index (Phi) is 2.87. The molecule has 2 atom stereocenters. The maximum Gasteiger partial charge on any atom is 0.307 e. The summed E-state index contributed by atoms with van der Waals surface area (Å²) >= 11 is 0. The standard InChI is InChI=1S/C11H15N3O3/c1-3-8-9(5-14(2)13-8)12-10(15)6-4-7(6)11(16)17/h5-7H,3-4H2,1-2H3,(H,12,15)(H,16,17). The van der Waals surface area contributed by atoms with Gasteiger partial charge in [0.2, 0.25) is 5.91 Å². The van der Waals surface area contributed by atoms with Crippen molar-refractivity contribution in [2.24, 2.45) is 18.9 Å². The number of rotatable bonds is 4. The lowest BCUT2D eigenvalue weighted by atomic mass is 10.2. The molecule has 0 spiro atoms. The van der Waals surface area contributed by atoms with Crippen molar-refractivity contribution in [2.45, 2.75) is 19.8 Å². The monoisotopic (exact) mass is 237 g/mol. The summed E-state index contributed by atoms with van der Waals surface area (Å²) in [5.41, 5.74) is 1.49. The molecule has 2 rings (SSSR count). The Morgan fingerprint density at radius 1 is 1.59 bits per heavy atom. The quantitative estimate of drug-likeness (QED) is 0.805. The third-order valence-corrected chi connectivity index (χ3v) is 2.94. The zero-order valence-corrected chi connectivity index (χ0v) is 9.80. The van der Waals surface area contributed by atoms with Crippen LogP contribution in [0.4, 0.5) is 5.69 Å². The molecule has 0 bridgehead atoms. The van der Waals surface area contributed by atoms with Crippen LogP contribution < -0.4 is 5.32 Å². The fourth-order valence-electron chi connectivity index (χ4n) is 1.88. The lowest BCUT2D eigenvalue weighted by molar-refractivity contribution is -0.139. The third kappa shape index (κ3) is 2.30. The van der Waals surface area contributed by atoms with E-state index in [0.29, 0.717) is 12.1 Å². The first-order valence-corrected chi connectivity index (χ1v) is 5.59. The molecular weight excluding hydrogens is 222 g/mol. The topological polar surface area (TPSA) is 84.2 Å². The summed E-state index contributed by atoms with van der Waals surface area (Å²) in [7, 11) is 1.78. The molecule has 92 valence electrons. The first-order chi connectivity index (χ1) is 8.02. The van der Waals surface area contributed by atoms with Crippen LogP contribution in [0.5, 0.6) is 0 Å². The number of aromatic nitrogens is 2. The van der Waals surface area contributed by atoms with E-state index < -0.39 is 17.8 Å². The van der Waals surface area contributed by atoms with E-state index in [2.05, 4.69) is 10.4 Å². The van der Waals surface area contributed by atoms with E-state index in [1.54, 1.807) is 17.9 Å². The molecule has 0 aliphatic heterocycles. The average molecular weight is 237 g/mol. The van der Waals surface area contributed by atoms with Crippen molar-refractivity contribution in [3.05, 3.63) is 11.9 Å². The smallest absolute Gasteiger partial charge is 0.307 e. The van der Waals surface area contributed by atoms with Crippen LogP contribution >= 0.6 is 0 Å². The van der Waals surface area contributed by atoms with Crippen molar-refractivity contribution < 1.29 is 14.7 Å². The van der Waals surface area contributed by atoms with Crippen LogP contribution in [0, 0.1) is 11.8 Å². The number of anilines is 1. The number of carboxylic acids is 1. The van der Waals surface area contributed by atoms with Crippen molar-refractivity contribution in [2.75, 3.05) is 5.32 Å². The summed E-state index contributed by atoms with van der Waals surface area (Å²) in [6, 6.07) is 0. The van der Waals surface area contributed by atoms with E-state index >= 15 is 0 Å². The van der Waals surface area contributed by atoms with E-state index in [1.807, 2.05) is 6.92 Å². The van der Waals surface area contributed by atoms with Gasteiger partial charge in [-0.25, -0.2) is 0 Å². The second-order valence-electron chi connectivity index (χ2n) is 4.29. The van der Waals surface area contributed by atoms with E-state index in [9.17, 15) is 9.59 Å². The van der Waals surface area contributed by atoms with Crippen LogP contribution in [-0.4, -0.2) is 26.8 Å². The summed E-state index contributed by atoms with van der Waals surface area (Å²) in [4.78, 5) is 22.4. The van der Waals surface area contributed by atoms with Gasteiger partial charge in [0.05, 0.1) is 23.2 Å². The van der Waals surface area contributed by atoms with Gasteiger partial charge in [-0.05, 0) is 12.8 Å². The second-order valence-corrected chi connectivity index (χ2v) is 4.29. The number of nitrogens with one attached hydrogen (secondary N) is 1. The number of carbonyl (C=O) groups is 2. The molecule has 2 N–H and O–H groups in total. The minimum Gasteiger partial charge on any atom is -0.481 e. The van der Waals surface area contributed by atoms with Crippen molar-refractivity contribution in [1.29, 1.82) is 0 Å². The predicted molar refractivity (Wildman–Crippen MR) is 60.4 cm³/mol. The molecule has 1 amide bonds. The van der Waals surface area contributed by atoms with Gasteiger partial charge in [0.15, 0.2) is 0 Å². The fourth-order valence-corrected chi connectivity index (χ4v) is 1.88. The highest BCUT2D eigenvalue weighted by atomic mass is 16.4. The molecule has 0 aromatic carbocycles. The summed E-state index contributed by atoms with van der Waals surface area (Å²) in [5, 5.41) is 15.7. The lowest BCUT2D eigenvalue weighted by Crippen LogP contribution is -2.17. The number of aryl methyl sites for hydroxylation is 2. The summed E-state index contributed by atoms with van der Waals surface area (Å²) in [6.45, 7) is 1.95. The number of amides is 1. The SMILES string of the molecule is CCc1nn(C)cc1NC(=O)C1CC1C(=O)O. The van der Waals surface area contributed by atoms with E-state index in [4.69, 9.17) is 5.11 Å². The van der Waals surface area contributed by atoms with Gasteiger partial charge in [-0.2, -0.15) is 5.10 Å². The third-order valence-electron chi connectivity index (χ3n) is 2.94. The Bertz CT molecular complexity index is 467. The molecule has 1 aromatic heterocycles. The van der Waals surface area contributed by atoms with Crippen LogP contribution in [0.1, 0.15) is 19.0 Å². The van der Waals surface area contributed by atoms with Gasteiger partial charge < -0.3 is 10.4 Å². The normalized spacial score (nSPS) is 22.2.